The number of alkyl halides is 3. The van der Waals surface area contributed by atoms with E-state index < -0.39 is 12.0 Å². The predicted molar refractivity (Wildman–Crippen MR) is 77.6 cm³/mol. The first kappa shape index (κ1) is 15.6. The fraction of sp³-hybridized carbons (Fsp3) is 0.385. The molecule has 2 aromatic rings. The van der Waals surface area contributed by atoms with Crippen LogP contribution in [0.2, 0.25) is 0 Å². The molecule has 0 spiro atoms. The van der Waals surface area contributed by atoms with Crippen molar-refractivity contribution < 1.29 is 13.2 Å². The third-order valence-corrected chi connectivity index (χ3v) is 3.85. The van der Waals surface area contributed by atoms with E-state index >= 15 is 0 Å². The van der Waals surface area contributed by atoms with Crippen molar-refractivity contribution in [3.8, 4) is 0 Å². The van der Waals surface area contributed by atoms with E-state index in [2.05, 4.69) is 20.6 Å². The average Bonchev–Trinajstić information content (AvgIpc) is 2.91. The Bertz CT molecular complexity index is 610. The van der Waals surface area contributed by atoms with Gasteiger partial charge in [-0.3, -0.25) is 0 Å². The third kappa shape index (κ3) is 3.84. The largest absolute Gasteiger partial charge is 0.451 e. The number of hydrogen-bond acceptors (Lipinski definition) is 5. The first-order valence-electron chi connectivity index (χ1n) is 6.37. The maximum atomic E-state index is 12.7. The summed E-state index contributed by atoms with van der Waals surface area (Å²) in [5.74, 6) is -0.877. The fourth-order valence-corrected chi connectivity index (χ4v) is 2.72. The molecule has 2 rings (SSSR count). The molecule has 4 nitrogen and oxygen atoms in total. The van der Waals surface area contributed by atoms with E-state index in [1.165, 1.54) is 18.7 Å². The molecule has 0 unspecified atom stereocenters. The van der Waals surface area contributed by atoms with Gasteiger partial charge >= 0.3 is 6.18 Å². The molecule has 0 saturated heterocycles. The summed E-state index contributed by atoms with van der Waals surface area (Å²) in [7, 11) is 1.51. The minimum atomic E-state index is -4.57. The Hall–Kier alpha value is -1.83. The van der Waals surface area contributed by atoms with Gasteiger partial charge < -0.3 is 10.6 Å². The second-order valence-electron chi connectivity index (χ2n) is 4.29. The Morgan fingerprint density at radius 1 is 1.24 bits per heavy atom. The zero-order valence-corrected chi connectivity index (χ0v) is 12.4. The molecule has 2 heterocycles. The van der Waals surface area contributed by atoms with Crippen LogP contribution in [0.15, 0.2) is 17.5 Å². The molecule has 0 aliphatic rings. The van der Waals surface area contributed by atoms with E-state index in [0.29, 0.717) is 6.54 Å². The van der Waals surface area contributed by atoms with Crippen LogP contribution in [0.1, 0.15) is 23.2 Å². The molecule has 114 valence electrons. The Balaban J connectivity index is 2.19. The number of aromatic nitrogens is 2. The first-order chi connectivity index (χ1) is 9.94. The summed E-state index contributed by atoms with van der Waals surface area (Å²) < 4.78 is 38.2. The molecule has 0 bridgehead atoms. The van der Waals surface area contributed by atoms with Gasteiger partial charge in [-0.2, -0.15) is 13.2 Å². The van der Waals surface area contributed by atoms with Crippen LogP contribution < -0.4 is 10.6 Å². The summed E-state index contributed by atoms with van der Waals surface area (Å²) in [6.45, 7) is 2.48. The lowest BCUT2D eigenvalue weighted by Gasteiger charge is -2.11. The summed E-state index contributed by atoms with van der Waals surface area (Å²) in [5, 5.41) is 7.50. The lowest BCUT2D eigenvalue weighted by Crippen LogP contribution is -2.14. The standard InChI is InChI=1S/C13H15F3N4S/c1-3-8-4-5-21-9(8)7-18-11-6-10(17-2)19-12(20-11)13(14,15)16/h4-6H,3,7H2,1-2H3,(H2,17,18,19,20). The number of halogens is 3. The molecule has 21 heavy (non-hydrogen) atoms. The molecule has 0 radical (unpaired) electrons. The van der Waals surface area contributed by atoms with Crippen LogP contribution in [-0.2, 0) is 19.1 Å². The Labute approximate surface area is 124 Å². The molecule has 2 N–H and O–H groups in total. The van der Waals surface area contributed by atoms with Crippen LogP contribution in [0, 0.1) is 0 Å². The predicted octanol–water partition coefficient (Wildman–Crippen LogP) is 3.77. The molecule has 0 saturated carbocycles. The quantitative estimate of drug-likeness (QED) is 0.881. The molecule has 0 amide bonds. The SMILES string of the molecule is CCc1ccsc1CNc1cc(NC)nc(C(F)(F)F)n1. The summed E-state index contributed by atoms with van der Waals surface area (Å²) >= 11 is 1.57. The minimum Gasteiger partial charge on any atom is -0.373 e. The van der Waals surface area contributed by atoms with Gasteiger partial charge in [0.15, 0.2) is 0 Å². The molecule has 0 aromatic carbocycles. The van der Waals surface area contributed by atoms with Gasteiger partial charge in [-0.25, -0.2) is 9.97 Å². The number of nitrogens with zero attached hydrogens (tertiary/aromatic N) is 2. The van der Waals surface area contributed by atoms with Crippen LogP contribution in [-0.4, -0.2) is 17.0 Å². The van der Waals surface area contributed by atoms with Gasteiger partial charge in [-0.05, 0) is 23.4 Å². The summed E-state index contributed by atoms with van der Waals surface area (Å²) in [6.07, 6.45) is -3.68. The van der Waals surface area contributed by atoms with Crippen molar-refractivity contribution in [1.29, 1.82) is 0 Å². The highest BCUT2D eigenvalue weighted by Gasteiger charge is 2.35. The molecule has 0 atom stereocenters. The zero-order valence-electron chi connectivity index (χ0n) is 11.6. The molecule has 0 aliphatic heterocycles. The van der Waals surface area contributed by atoms with Crippen molar-refractivity contribution in [2.75, 3.05) is 17.7 Å². The van der Waals surface area contributed by atoms with Crippen LogP contribution in [0.5, 0.6) is 0 Å². The molecule has 0 fully saturated rings. The summed E-state index contributed by atoms with van der Waals surface area (Å²) in [4.78, 5) is 8.04. The highest BCUT2D eigenvalue weighted by molar-refractivity contribution is 7.10. The number of aryl methyl sites for hydroxylation is 1. The Morgan fingerprint density at radius 3 is 2.57 bits per heavy atom. The van der Waals surface area contributed by atoms with E-state index in [1.54, 1.807) is 11.3 Å². The highest BCUT2D eigenvalue weighted by Crippen LogP contribution is 2.28. The molecule has 8 heteroatoms. The van der Waals surface area contributed by atoms with Crippen molar-refractivity contribution in [3.63, 3.8) is 0 Å². The smallest absolute Gasteiger partial charge is 0.373 e. The molecular weight excluding hydrogens is 301 g/mol. The van der Waals surface area contributed by atoms with Crippen LogP contribution in [0.4, 0.5) is 24.8 Å². The molecular formula is C13H15F3N4S. The first-order valence-corrected chi connectivity index (χ1v) is 7.25. The zero-order chi connectivity index (χ0) is 15.5. The Morgan fingerprint density at radius 2 is 1.95 bits per heavy atom. The van der Waals surface area contributed by atoms with Gasteiger partial charge in [0.25, 0.3) is 0 Å². The van der Waals surface area contributed by atoms with Gasteiger partial charge in [0, 0.05) is 18.0 Å². The van der Waals surface area contributed by atoms with Crippen molar-refractivity contribution >= 4 is 23.0 Å². The van der Waals surface area contributed by atoms with Gasteiger partial charge in [0.05, 0.1) is 6.54 Å². The number of thiophene rings is 1. The van der Waals surface area contributed by atoms with E-state index in [1.807, 2.05) is 18.4 Å². The highest BCUT2D eigenvalue weighted by atomic mass is 32.1. The van der Waals surface area contributed by atoms with Gasteiger partial charge in [-0.1, -0.05) is 6.92 Å². The number of nitrogens with one attached hydrogen (secondary N) is 2. The maximum absolute atomic E-state index is 12.7. The Kier molecular flexibility index (Phi) is 4.66. The van der Waals surface area contributed by atoms with E-state index in [0.717, 1.165) is 11.3 Å². The average molecular weight is 316 g/mol. The van der Waals surface area contributed by atoms with Crippen molar-refractivity contribution in [2.45, 2.75) is 26.1 Å². The topological polar surface area (TPSA) is 49.8 Å². The van der Waals surface area contributed by atoms with Crippen LogP contribution in [0.25, 0.3) is 0 Å². The second-order valence-corrected chi connectivity index (χ2v) is 5.29. The van der Waals surface area contributed by atoms with E-state index in [4.69, 9.17) is 0 Å². The lowest BCUT2D eigenvalue weighted by atomic mass is 10.2. The summed E-state index contributed by atoms with van der Waals surface area (Å²) in [6, 6.07) is 3.47. The molecule has 0 aliphatic carbocycles. The monoisotopic (exact) mass is 316 g/mol. The number of anilines is 2. The van der Waals surface area contributed by atoms with Crippen molar-refractivity contribution in [3.05, 3.63) is 33.8 Å². The van der Waals surface area contributed by atoms with Gasteiger partial charge in [-0.15, -0.1) is 11.3 Å². The lowest BCUT2D eigenvalue weighted by molar-refractivity contribution is -0.144. The van der Waals surface area contributed by atoms with E-state index in [9.17, 15) is 13.2 Å². The van der Waals surface area contributed by atoms with Crippen molar-refractivity contribution in [2.24, 2.45) is 0 Å². The number of rotatable bonds is 5. The van der Waals surface area contributed by atoms with Crippen LogP contribution in [0.3, 0.4) is 0 Å². The normalized spacial score (nSPS) is 11.5. The van der Waals surface area contributed by atoms with Crippen LogP contribution >= 0.6 is 11.3 Å². The van der Waals surface area contributed by atoms with Gasteiger partial charge in [0.1, 0.15) is 11.6 Å². The maximum Gasteiger partial charge on any atom is 0.451 e. The summed E-state index contributed by atoms with van der Waals surface area (Å²) in [5.41, 5.74) is 1.19. The van der Waals surface area contributed by atoms with Crippen molar-refractivity contribution in [1.82, 2.24) is 9.97 Å². The third-order valence-electron chi connectivity index (χ3n) is 2.88. The van der Waals surface area contributed by atoms with E-state index in [-0.39, 0.29) is 11.6 Å². The second kappa shape index (κ2) is 6.30. The van der Waals surface area contributed by atoms with Gasteiger partial charge in [0.2, 0.25) is 5.82 Å². The minimum absolute atomic E-state index is 0.127. The molecule has 2 aromatic heterocycles. The fourth-order valence-electron chi connectivity index (χ4n) is 1.80. The number of hydrogen-bond donors (Lipinski definition) is 2.